The summed E-state index contributed by atoms with van der Waals surface area (Å²) in [6.07, 6.45) is 1.76. The van der Waals surface area contributed by atoms with Gasteiger partial charge in [0.2, 0.25) is 11.2 Å². The normalized spacial score (nSPS) is 19.6. The van der Waals surface area contributed by atoms with Gasteiger partial charge in [-0.2, -0.15) is 4.98 Å². The molecule has 0 bridgehead atoms. The molecule has 0 fully saturated rings. The number of carbonyl (C=O) groups excluding carboxylic acids is 1. The monoisotopic (exact) mass is 296 g/mol. The average Bonchev–Trinajstić information content (AvgIpc) is 2.43. The Morgan fingerprint density at radius 1 is 1.40 bits per heavy atom. The summed E-state index contributed by atoms with van der Waals surface area (Å²) < 4.78 is 0. The zero-order chi connectivity index (χ0) is 14.9. The largest absolute Gasteiger partial charge is 0.343 e. The van der Waals surface area contributed by atoms with Crippen molar-refractivity contribution in [1.82, 2.24) is 9.97 Å². The number of anilines is 2. The zero-order valence-electron chi connectivity index (χ0n) is 12.4. The lowest BCUT2D eigenvalue weighted by molar-refractivity contribution is -0.117. The van der Waals surface area contributed by atoms with Crippen LogP contribution in [0.5, 0.6) is 0 Å². The van der Waals surface area contributed by atoms with E-state index in [1.807, 2.05) is 18.7 Å². The SMILES string of the molecule is CCc1nc(Cl)nc2c1NC(=O)C(C)N2CC(C)CC. The Labute approximate surface area is 124 Å². The maximum absolute atomic E-state index is 12.1. The van der Waals surface area contributed by atoms with Crippen LogP contribution in [0.15, 0.2) is 0 Å². The molecule has 0 saturated carbocycles. The van der Waals surface area contributed by atoms with E-state index >= 15 is 0 Å². The molecule has 6 heteroatoms. The Hall–Kier alpha value is -1.36. The Morgan fingerprint density at radius 3 is 2.70 bits per heavy atom. The molecule has 1 amide bonds. The molecule has 1 N–H and O–H groups in total. The summed E-state index contributed by atoms with van der Waals surface area (Å²) in [6.45, 7) is 8.98. The van der Waals surface area contributed by atoms with Gasteiger partial charge >= 0.3 is 0 Å². The summed E-state index contributed by atoms with van der Waals surface area (Å²) >= 11 is 6.02. The Morgan fingerprint density at radius 2 is 2.10 bits per heavy atom. The van der Waals surface area contributed by atoms with E-state index in [2.05, 4.69) is 29.1 Å². The van der Waals surface area contributed by atoms with Crippen LogP contribution in [0.2, 0.25) is 5.28 Å². The summed E-state index contributed by atoms with van der Waals surface area (Å²) in [7, 11) is 0. The van der Waals surface area contributed by atoms with Gasteiger partial charge in [0.15, 0.2) is 5.82 Å². The molecule has 0 aromatic carbocycles. The summed E-state index contributed by atoms with van der Waals surface area (Å²) in [6, 6.07) is -0.243. The minimum atomic E-state index is -0.243. The summed E-state index contributed by atoms with van der Waals surface area (Å²) in [5.74, 6) is 1.21. The number of aromatic nitrogens is 2. The van der Waals surface area contributed by atoms with Gasteiger partial charge in [-0.3, -0.25) is 4.79 Å². The molecule has 0 aliphatic carbocycles. The number of aryl methyl sites for hydroxylation is 1. The molecule has 0 spiro atoms. The number of hydrogen-bond acceptors (Lipinski definition) is 4. The number of fused-ring (bicyclic) bond motifs is 1. The second kappa shape index (κ2) is 5.95. The molecule has 20 heavy (non-hydrogen) atoms. The number of carbonyl (C=O) groups is 1. The van der Waals surface area contributed by atoms with Gasteiger partial charge in [0.05, 0.1) is 5.69 Å². The first-order valence-electron chi connectivity index (χ1n) is 7.11. The number of amides is 1. The van der Waals surface area contributed by atoms with E-state index in [0.717, 1.165) is 24.5 Å². The van der Waals surface area contributed by atoms with Crippen molar-refractivity contribution in [2.75, 3.05) is 16.8 Å². The lowest BCUT2D eigenvalue weighted by atomic mass is 10.1. The molecule has 2 atom stereocenters. The Balaban J connectivity index is 2.48. The van der Waals surface area contributed by atoms with E-state index in [1.54, 1.807) is 0 Å². The molecule has 1 aromatic rings. The lowest BCUT2D eigenvalue weighted by Gasteiger charge is -2.37. The van der Waals surface area contributed by atoms with Crippen LogP contribution in [0, 0.1) is 5.92 Å². The first-order chi connectivity index (χ1) is 9.47. The summed E-state index contributed by atoms with van der Waals surface area (Å²) in [5, 5.41) is 3.15. The van der Waals surface area contributed by atoms with Gasteiger partial charge in [0.1, 0.15) is 11.7 Å². The molecule has 2 unspecified atom stereocenters. The van der Waals surface area contributed by atoms with Crippen molar-refractivity contribution in [3.05, 3.63) is 11.0 Å². The van der Waals surface area contributed by atoms with E-state index in [-0.39, 0.29) is 17.2 Å². The molecule has 1 aromatic heterocycles. The number of hydrogen-bond donors (Lipinski definition) is 1. The molecule has 2 heterocycles. The van der Waals surface area contributed by atoms with E-state index in [0.29, 0.717) is 18.0 Å². The van der Waals surface area contributed by atoms with Gasteiger partial charge < -0.3 is 10.2 Å². The minimum Gasteiger partial charge on any atom is -0.343 e. The Bertz CT molecular complexity index is 520. The van der Waals surface area contributed by atoms with Crippen molar-refractivity contribution in [3.63, 3.8) is 0 Å². The zero-order valence-corrected chi connectivity index (χ0v) is 13.2. The molecule has 5 nitrogen and oxygen atoms in total. The number of rotatable bonds is 4. The second-order valence-corrected chi connectivity index (χ2v) is 5.66. The van der Waals surface area contributed by atoms with Crippen LogP contribution in [0.3, 0.4) is 0 Å². The van der Waals surface area contributed by atoms with Crippen LogP contribution in [0.1, 0.15) is 39.8 Å². The predicted octanol–water partition coefficient (Wildman–Crippen LogP) is 2.89. The van der Waals surface area contributed by atoms with E-state index in [9.17, 15) is 4.79 Å². The molecule has 110 valence electrons. The first-order valence-corrected chi connectivity index (χ1v) is 7.49. The van der Waals surface area contributed by atoms with Crippen molar-refractivity contribution in [1.29, 1.82) is 0 Å². The van der Waals surface area contributed by atoms with Gasteiger partial charge in [-0.05, 0) is 30.9 Å². The lowest BCUT2D eigenvalue weighted by Crippen LogP contribution is -2.48. The highest BCUT2D eigenvalue weighted by Gasteiger charge is 2.33. The van der Waals surface area contributed by atoms with E-state index < -0.39 is 0 Å². The van der Waals surface area contributed by atoms with Crippen LogP contribution >= 0.6 is 11.6 Å². The highest BCUT2D eigenvalue weighted by atomic mass is 35.5. The van der Waals surface area contributed by atoms with E-state index in [1.165, 1.54) is 0 Å². The topological polar surface area (TPSA) is 58.1 Å². The highest BCUT2D eigenvalue weighted by Crippen LogP contribution is 2.34. The summed E-state index contributed by atoms with van der Waals surface area (Å²) in [4.78, 5) is 22.7. The highest BCUT2D eigenvalue weighted by molar-refractivity contribution is 6.28. The van der Waals surface area contributed by atoms with Crippen molar-refractivity contribution < 1.29 is 4.79 Å². The molecular formula is C14H21ClN4O. The molecule has 0 radical (unpaired) electrons. The van der Waals surface area contributed by atoms with E-state index in [4.69, 9.17) is 11.6 Å². The third-order valence-corrected chi connectivity index (χ3v) is 4.01. The van der Waals surface area contributed by atoms with Crippen LogP contribution < -0.4 is 10.2 Å². The predicted molar refractivity (Wildman–Crippen MR) is 81.3 cm³/mol. The van der Waals surface area contributed by atoms with Gasteiger partial charge in [-0.15, -0.1) is 0 Å². The standard InChI is InChI=1S/C14H21ClN4O/c1-5-8(3)7-19-9(4)13(20)17-11-10(6-2)16-14(15)18-12(11)19/h8-9H,5-7H2,1-4H3,(H,17,20). The number of nitrogens with zero attached hydrogens (tertiary/aromatic N) is 3. The quantitative estimate of drug-likeness (QED) is 0.868. The average molecular weight is 297 g/mol. The molecule has 0 saturated heterocycles. The molecular weight excluding hydrogens is 276 g/mol. The van der Waals surface area contributed by atoms with Crippen molar-refractivity contribution in [3.8, 4) is 0 Å². The number of nitrogens with one attached hydrogen (secondary N) is 1. The van der Waals surface area contributed by atoms with Gasteiger partial charge in [0.25, 0.3) is 0 Å². The van der Waals surface area contributed by atoms with Crippen LogP contribution in [-0.2, 0) is 11.2 Å². The maximum Gasteiger partial charge on any atom is 0.246 e. The fourth-order valence-corrected chi connectivity index (χ4v) is 2.50. The van der Waals surface area contributed by atoms with Crippen LogP contribution in [0.4, 0.5) is 11.5 Å². The molecule has 1 aliphatic heterocycles. The van der Waals surface area contributed by atoms with Crippen molar-refractivity contribution in [2.24, 2.45) is 5.92 Å². The first kappa shape index (κ1) is 15.0. The second-order valence-electron chi connectivity index (χ2n) is 5.32. The molecule has 2 rings (SSSR count). The fourth-order valence-electron chi connectivity index (χ4n) is 2.32. The smallest absolute Gasteiger partial charge is 0.246 e. The van der Waals surface area contributed by atoms with Crippen LogP contribution in [-0.4, -0.2) is 28.5 Å². The number of halogens is 1. The minimum absolute atomic E-state index is 0.0126. The Kier molecular flexibility index (Phi) is 4.48. The summed E-state index contributed by atoms with van der Waals surface area (Å²) in [5.41, 5.74) is 1.50. The van der Waals surface area contributed by atoms with Gasteiger partial charge in [-0.1, -0.05) is 27.2 Å². The van der Waals surface area contributed by atoms with Gasteiger partial charge in [-0.25, -0.2) is 4.98 Å². The maximum atomic E-state index is 12.1. The third-order valence-electron chi connectivity index (χ3n) is 3.84. The molecule has 1 aliphatic rings. The van der Waals surface area contributed by atoms with Crippen molar-refractivity contribution >= 4 is 29.0 Å². The van der Waals surface area contributed by atoms with Gasteiger partial charge in [0, 0.05) is 6.54 Å². The third kappa shape index (κ3) is 2.73. The fraction of sp³-hybridized carbons (Fsp3) is 0.643. The van der Waals surface area contributed by atoms with Crippen molar-refractivity contribution in [2.45, 2.75) is 46.6 Å². The van der Waals surface area contributed by atoms with Crippen LogP contribution in [0.25, 0.3) is 0 Å².